The molecule has 1 atom stereocenters. The molecule has 1 aliphatic heterocycles. The van der Waals surface area contributed by atoms with Crippen LogP contribution in [-0.4, -0.2) is 40.1 Å². The van der Waals surface area contributed by atoms with Gasteiger partial charge in [0.15, 0.2) is 0 Å². The third-order valence-corrected chi connectivity index (χ3v) is 2.95. The molecule has 4 nitrogen and oxygen atoms in total. The molecule has 0 spiro atoms. The SMILES string of the molecule is Cc1cnc(OC2CCN(C(C)C)C2)cn1. The van der Waals surface area contributed by atoms with Crippen molar-refractivity contribution in [3.05, 3.63) is 18.1 Å². The van der Waals surface area contributed by atoms with E-state index >= 15 is 0 Å². The maximum Gasteiger partial charge on any atom is 0.232 e. The summed E-state index contributed by atoms with van der Waals surface area (Å²) in [6.07, 6.45) is 4.78. The molecule has 1 aromatic rings. The molecular formula is C12H19N3O. The molecule has 2 heterocycles. The van der Waals surface area contributed by atoms with E-state index in [9.17, 15) is 0 Å². The molecule has 0 amide bonds. The van der Waals surface area contributed by atoms with E-state index < -0.39 is 0 Å². The summed E-state index contributed by atoms with van der Waals surface area (Å²) in [6, 6.07) is 0.595. The summed E-state index contributed by atoms with van der Waals surface area (Å²) in [6.45, 7) is 8.46. The van der Waals surface area contributed by atoms with Gasteiger partial charge in [-0.3, -0.25) is 9.88 Å². The summed E-state index contributed by atoms with van der Waals surface area (Å²) in [5.41, 5.74) is 0.919. The van der Waals surface area contributed by atoms with E-state index in [1.165, 1.54) is 0 Å². The number of ether oxygens (including phenoxy) is 1. The van der Waals surface area contributed by atoms with Crippen molar-refractivity contribution in [3.63, 3.8) is 0 Å². The van der Waals surface area contributed by atoms with Gasteiger partial charge in [0.05, 0.1) is 18.1 Å². The van der Waals surface area contributed by atoms with E-state index in [0.717, 1.165) is 25.2 Å². The van der Waals surface area contributed by atoms with E-state index in [1.807, 2.05) is 6.92 Å². The number of hydrogen-bond donors (Lipinski definition) is 0. The van der Waals surface area contributed by atoms with Gasteiger partial charge in [-0.2, -0.15) is 0 Å². The first-order chi connectivity index (χ1) is 7.65. The fourth-order valence-corrected chi connectivity index (χ4v) is 1.93. The second-order valence-electron chi connectivity index (χ2n) is 4.61. The first-order valence-corrected chi connectivity index (χ1v) is 5.84. The summed E-state index contributed by atoms with van der Waals surface area (Å²) in [5, 5.41) is 0. The largest absolute Gasteiger partial charge is 0.472 e. The normalized spacial score (nSPS) is 21.6. The second kappa shape index (κ2) is 4.78. The standard InChI is InChI=1S/C12H19N3O/c1-9(2)15-5-4-11(8-15)16-12-7-13-10(3)6-14-12/h6-7,9,11H,4-5,8H2,1-3H3. The molecule has 0 N–H and O–H groups in total. The van der Waals surface area contributed by atoms with Crippen LogP contribution in [0.5, 0.6) is 5.88 Å². The van der Waals surface area contributed by atoms with Crippen molar-refractivity contribution in [3.8, 4) is 5.88 Å². The van der Waals surface area contributed by atoms with Crippen molar-refractivity contribution in [2.45, 2.75) is 39.3 Å². The molecule has 1 fully saturated rings. The van der Waals surface area contributed by atoms with Gasteiger partial charge in [-0.25, -0.2) is 4.98 Å². The molecule has 0 aliphatic carbocycles. The molecule has 1 aliphatic rings. The summed E-state index contributed by atoms with van der Waals surface area (Å²) in [5.74, 6) is 0.640. The Morgan fingerprint density at radius 2 is 2.19 bits per heavy atom. The Morgan fingerprint density at radius 3 is 2.75 bits per heavy atom. The first kappa shape index (κ1) is 11.3. The van der Waals surface area contributed by atoms with Crippen LogP contribution in [-0.2, 0) is 0 Å². The molecule has 4 heteroatoms. The Balaban J connectivity index is 1.89. The lowest BCUT2D eigenvalue weighted by Gasteiger charge is -2.20. The van der Waals surface area contributed by atoms with E-state index in [2.05, 4.69) is 28.7 Å². The van der Waals surface area contributed by atoms with Crippen LogP contribution in [0.15, 0.2) is 12.4 Å². The first-order valence-electron chi connectivity index (χ1n) is 5.84. The van der Waals surface area contributed by atoms with Crippen LogP contribution in [0.3, 0.4) is 0 Å². The smallest absolute Gasteiger partial charge is 0.232 e. The van der Waals surface area contributed by atoms with Gasteiger partial charge in [0.2, 0.25) is 5.88 Å². The van der Waals surface area contributed by atoms with Crippen molar-refractivity contribution < 1.29 is 4.74 Å². The molecule has 1 unspecified atom stereocenters. The Hall–Kier alpha value is -1.16. The monoisotopic (exact) mass is 221 g/mol. The van der Waals surface area contributed by atoms with Crippen LogP contribution < -0.4 is 4.74 Å². The highest BCUT2D eigenvalue weighted by Gasteiger charge is 2.25. The van der Waals surface area contributed by atoms with E-state index in [0.29, 0.717) is 11.9 Å². The van der Waals surface area contributed by atoms with Crippen molar-refractivity contribution >= 4 is 0 Å². The van der Waals surface area contributed by atoms with Crippen LogP contribution in [0.4, 0.5) is 0 Å². The minimum absolute atomic E-state index is 0.263. The van der Waals surface area contributed by atoms with Gasteiger partial charge in [-0.1, -0.05) is 0 Å². The maximum absolute atomic E-state index is 5.80. The van der Waals surface area contributed by atoms with Gasteiger partial charge < -0.3 is 4.74 Å². The topological polar surface area (TPSA) is 38.2 Å². The van der Waals surface area contributed by atoms with Crippen molar-refractivity contribution in [1.82, 2.24) is 14.9 Å². The number of nitrogens with zero attached hydrogens (tertiary/aromatic N) is 3. The molecule has 1 aromatic heterocycles. The molecule has 2 rings (SSSR count). The minimum Gasteiger partial charge on any atom is -0.472 e. The lowest BCUT2D eigenvalue weighted by atomic mass is 10.3. The molecular weight excluding hydrogens is 202 g/mol. The average molecular weight is 221 g/mol. The molecule has 88 valence electrons. The number of likely N-dealkylation sites (tertiary alicyclic amines) is 1. The fourth-order valence-electron chi connectivity index (χ4n) is 1.93. The predicted octanol–water partition coefficient (Wildman–Crippen LogP) is 1.65. The minimum atomic E-state index is 0.263. The molecule has 16 heavy (non-hydrogen) atoms. The van der Waals surface area contributed by atoms with Crippen LogP contribution in [0.25, 0.3) is 0 Å². The fraction of sp³-hybridized carbons (Fsp3) is 0.667. The Bertz CT molecular complexity index is 337. The lowest BCUT2D eigenvalue weighted by Crippen LogP contribution is -2.30. The molecule has 0 bridgehead atoms. The third-order valence-electron chi connectivity index (χ3n) is 2.95. The molecule has 0 aromatic carbocycles. The van der Waals surface area contributed by atoms with Gasteiger partial charge in [-0.15, -0.1) is 0 Å². The molecule has 0 saturated carbocycles. The zero-order valence-electron chi connectivity index (χ0n) is 10.2. The number of aromatic nitrogens is 2. The maximum atomic E-state index is 5.80. The third kappa shape index (κ3) is 2.70. The van der Waals surface area contributed by atoms with Gasteiger partial charge in [-0.05, 0) is 27.2 Å². The van der Waals surface area contributed by atoms with Gasteiger partial charge >= 0.3 is 0 Å². The van der Waals surface area contributed by atoms with E-state index in [-0.39, 0.29) is 6.10 Å². The van der Waals surface area contributed by atoms with Gasteiger partial charge in [0, 0.05) is 19.1 Å². The van der Waals surface area contributed by atoms with Crippen LogP contribution in [0.2, 0.25) is 0 Å². The lowest BCUT2D eigenvalue weighted by molar-refractivity contribution is 0.180. The highest BCUT2D eigenvalue weighted by atomic mass is 16.5. The summed E-state index contributed by atoms with van der Waals surface area (Å²) in [7, 11) is 0. The van der Waals surface area contributed by atoms with E-state index in [4.69, 9.17) is 4.74 Å². The van der Waals surface area contributed by atoms with Crippen molar-refractivity contribution in [2.24, 2.45) is 0 Å². The second-order valence-corrected chi connectivity index (χ2v) is 4.61. The zero-order chi connectivity index (χ0) is 11.5. The van der Waals surface area contributed by atoms with E-state index in [1.54, 1.807) is 12.4 Å². The number of aryl methyl sites for hydroxylation is 1. The Kier molecular flexibility index (Phi) is 3.39. The van der Waals surface area contributed by atoms with Crippen LogP contribution >= 0.6 is 0 Å². The predicted molar refractivity (Wildman–Crippen MR) is 62.5 cm³/mol. The van der Waals surface area contributed by atoms with Crippen molar-refractivity contribution in [2.75, 3.05) is 13.1 Å². The quantitative estimate of drug-likeness (QED) is 0.778. The summed E-state index contributed by atoms with van der Waals surface area (Å²) < 4.78 is 5.80. The van der Waals surface area contributed by atoms with Gasteiger partial charge in [0.1, 0.15) is 6.10 Å². The van der Waals surface area contributed by atoms with Crippen molar-refractivity contribution in [1.29, 1.82) is 0 Å². The summed E-state index contributed by atoms with van der Waals surface area (Å²) >= 11 is 0. The molecule has 1 saturated heterocycles. The molecule has 0 radical (unpaired) electrons. The Labute approximate surface area is 96.7 Å². The Morgan fingerprint density at radius 1 is 1.38 bits per heavy atom. The van der Waals surface area contributed by atoms with Gasteiger partial charge in [0.25, 0.3) is 0 Å². The van der Waals surface area contributed by atoms with Crippen LogP contribution in [0.1, 0.15) is 26.0 Å². The summed E-state index contributed by atoms with van der Waals surface area (Å²) in [4.78, 5) is 10.8. The highest BCUT2D eigenvalue weighted by Crippen LogP contribution is 2.17. The van der Waals surface area contributed by atoms with Crippen LogP contribution in [0, 0.1) is 6.92 Å². The average Bonchev–Trinajstić information content (AvgIpc) is 2.70. The number of hydrogen-bond acceptors (Lipinski definition) is 4. The number of rotatable bonds is 3. The highest BCUT2D eigenvalue weighted by molar-refractivity contribution is 5.06. The zero-order valence-corrected chi connectivity index (χ0v) is 10.2.